The number of anilines is 1. The lowest BCUT2D eigenvalue weighted by Gasteiger charge is -2.50. The second kappa shape index (κ2) is 13.1. The molecule has 3 fully saturated rings. The molecule has 2 aliphatic heterocycles. The van der Waals surface area contributed by atoms with Gasteiger partial charge >= 0.3 is 6.18 Å². The number of benzene rings is 2. The maximum atomic E-state index is 15.3. The lowest BCUT2D eigenvalue weighted by atomic mass is 9.49. The van der Waals surface area contributed by atoms with Gasteiger partial charge in [-0.1, -0.05) is 65.2 Å². The number of thiophene rings is 1. The average Bonchev–Trinajstić information content (AvgIpc) is 3.81. The lowest BCUT2D eigenvalue weighted by Crippen LogP contribution is -2.53. The number of allylic oxidation sites excluding steroid dienone is 2. The number of fused-ring (bicyclic) bond motifs is 4. The first-order chi connectivity index (χ1) is 25.8. The van der Waals surface area contributed by atoms with E-state index >= 15 is 4.79 Å². The van der Waals surface area contributed by atoms with E-state index in [0.717, 1.165) is 4.88 Å². The molecular weight excluding hydrogens is 768 g/mol. The minimum Gasteiger partial charge on any atom is -0.504 e. The number of carbonyl (C=O) groups excluding carboxylic acids is 4. The highest BCUT2D eigenvalue weighted by atomic mass is 35.5. The number of halogens is 5. The summed E-state index contributed by atoms with van der Waals surface area (Å²) in [7, 11) is 1.37. The van der Waals surface area contributed by atoms with E-state index in [2.05, 4.69) is 10.4 Å². The van der Waals surface area contributed by atoms with Crippen molar-refractivity contribution >= 4 is 64.0 Å². The molecule has 6 atom stereocenters. The third-order valence-corrected chi connectivity index (χ3v) is 12.5. The number of carbonyl (C=O) groups is 4. The summed E-state index contributed by atoms with van der Waals surface area (Å²) in [5.41, 5.74) is 0.816. The molecule has 4 amide bonds. The molecule has 4 aromatic rings. The summed E-state index contributed by atoms with van der Waals surface area (Å²) >= 11 is 14.0. The lowest BCUT2D eigenvalue weighted by molar-refractivity contribution is -0.142. The van der Waals surface area contributed by atoms with E-state index in [1.165, 1.54) is 29.4 Å². The largest absolute Gasteiger partial charge is 0.504 e. The van der Waals surface area contributed by atoms with E-state index in [1.54, 1.807) is 36.4 Å². The fraction of sp³-hybridized carbons (Fsp3) is 0.289. The van der Waals surface area contributed by atoms with Gasteiger partial charge in [0.1, 0.15) is 0 Å². The van der Waals surface area contributed by atoms with Crippen molar-refractivity contribution < 1.29 is 42.2 Å². The predicted octanol–water partition coefficient (Wildman–Crippen LogP) is 7.37. The molecule has 16 heteroatoms. The molecule has 0 unspecified atom stereocenters. The normalized spacial score (nSPS) is 26.4. The van der Waals surface area contributed by atoms with Gasteiger partial charge in [0.05, 0.1) is 47.4 Å². The van der Waals surface area contributed by atoms with Crippen LogP contribution in [0.3, 0.4) is 0 Å². The van der Waals surface area contributed by atoms with E-state index in [1.807, 2.05) is 23.6 Å². The van der Waals surface area contributed by atoms with Gasteiger partial charge in [0.2, 0.25) is 11.8 Å². The summed E-state index contributed by atoms with van der Waals surface area (Å²) in [6.07, 6.45) is -2.28. The number of aromatic hydroxyl groups is 1. The van der Waals surface area contributed by atoms with E-state index in [4.69, 9.17) is 27.9 Å². The maximum absolute atomic E-state index is 15.3. The number of hydrazine groups is 1. The summed E-state index contributed by atoms with van der Waals surface area (Å²) in [6.45, 7) is 0.0959. The number of aromatic nitrogens is 1. The molecule has 2 aliphatic carbocycles. The van der Waals surface area contributed by atoms with Crippen molar-refractivity contribution in [3.63, 3.8) is 0 Å². The van der Waals surface area contributed by atoms with Gasteiger partial charge in [0, 0.05) is 27.6 Å². The van der Waals surface area contributed by atoms with Crippen molar-refractivity contribution in [1.82, 2.24) is 14.9 Å². The van der Waals surface area contributed by atoms with Crippen LogP contribution >= 0.6 is 34.5 Å². The number of alkyl halides is 3. The SMILES string of the molecule is COc1cccc([C@H]2C3=CC[C@@H]4C(=O)N(Cc5cccs5)C(=O)[C@@H]4[C@@H]3C[C@H]3C(=O)N(Nc4ncc(C(F)(F)F)cc4Cl)C(=O)[C@@]23c2ccc(Cl)cc2)c1O. The topological polar surface area (TPSA) is 129 Å². The van der Waals surface area contributed by atoms with Crippen molar-refractivity contribution in [3.05, 3.63) is 116 Å². The van der Waals surface area contributed by atoms with Crippen LogP contribution in [0.1, 0.15) is 40.3 Å². The molecule has 278 valence electrons. The van der Waals surface area contributed by atoms with Crippen LogP contribution in [-0.4, -0.2) is 50.7 Å². The molecule has 4 aliphatic rings. The number of rotatable bonds is 7. The first kappa shape index (κ1) is 36.1. The molecule has 0 radical (unpaired) electrons. The summed E-state index contributed by atoms with van der Waals surface area (Å²) in [6, 6.07) is 15.4. The van der Waals surface area contributed by atoms with E-state index in [9.17, 15) is 32.7 Å². The van der Waals surface area contributed by atoms with Crippen LogP contribution in [-0.2, 0) is 37.3 Å². The molecule has 2 saturated heterocycles. The third kappa shape index (κ3) is 5.40. The Kier molecular flexibility index (Phi) is 8.77. The van der Waals surface area contributed by atoms with Crippen molar-refractivity contribution in [2.24, 2.45) is 23.7 Å². The summed E-state index contributed by atoms with van der Waals surface area (Å²) < 4.78 is 45.9. The summed E-state index contributed by atoms with van der Waals surface area (Å²) in [4.78, 5) is 64.2. The molecule has 54 heavy (non-hydrogen) atoms. The standard InChI is InChI=1S/C38H29Cl2F3N4O6S/c1-53-28-6-2-5-24(31(28)48)30-22-11-12-23-29(35(51)46(33(23)49)17-21-4-3-13-54-21)25(22)15-26-34(50)47(36(52)37(26,30)18-7-9-20(39)10-8-18)45-32-27(40)14-19(16-44-32)38(41,42)43/h2-11,13-14,16,23,25-26,29-30,48H,12,15,17H2,1H3,(H,44,45)/t23-,25+,26-,29-,30+,37+/m0/s1. The number of likely N-dealkylation sites (tertiary alicyclic amines) is 1. The fourth-order valence-electron chi connectivity index (χ4n) is 8.84. The Balaban J connectivity index is 1.31. The quantitative estimate of drug-likeness (QED) is 0.147. The highest BCUT2D eigenvalue weighted by Gasteiger charge is 2.70. The van der Waals surface area contributed by atoms with Crippen LogP contribution in [0.15, 0.2) is 83.9 Å². The van der Waals surface area contributed by atoms with E-state index in [-0.39, 0.29) is 48.2 Å². The summed E-state index contributed by atoms with van der Waals surface area (Å²) in [5, 5.41) is 14.2. The molecule has 0 bridgehead atoms. The minimum atomic E-state index is -4.76. The van der Waals surface area contributed by atoms with Gasteiger partial charge in [-0.05, 0) is 60.0 Å². The summed E-state index contributed by atoms with van der Waals surface area (Å²) in [5.74, 6) is -7.52. The number of imide groups is 2. The zero-order chi connectivity index (χ0) is 38.3. The van der Waals surface area contributed by atoms with Gasteiger partial charge in [-0.25, -0.2) is 4.98 Å². The highest BCUT2D eigenvalue weighted by Crippen LogP contribution is 2.65. The minimum absolute atomic E-state index is 0.0559. The molecule has 2 N–H and O–H groups in total. The number of pyridine rings is 1. The number of para-hydroxylation sites is 1. The average molecular weight is 798 g/mol. The van der Waals surface area contributed by atoms with Crippen LogP contribution in [0.25, 0.3) is 0 Å². The number of hydrogen-bond acceptors (Lipinski definition) is 9. The molecule has 2 aromatic carbocycles. The number of ether oxygens (including phenoxy) is 1. The van der Waals surface area contributed by atoms with Crippen LogP contribution in [0, 0.1) is 23.7 Å². The Labute approximate surface area is 320 Å². The predicted molar refractivity (Wildman–Crippen MR) is 191 cm³/mol. The molecule has 0 spiro atoms. The van der Waals surface area contributed by atoms with Gasteiger partial charge in [-0.3, -0.25) is 29.5 Å². The highest BCUT2D eigenvalue weighted by molar-refractivity contribution is 7.09. The molecule has 8 rings (SSSR count). The van der Waals surface area contributed by atoms with E-state index < -0.39 is 69.5 Å². The smallest absolute Gasteiger partial charge is 0.417 e. The van der Waals surface area contributed by atoms with E-state index in [0.29, 0.717) is 33.4 Å². The Bertz CT molecular complexity index is 2250. The Hall–Kier alpha value is -4.92. The van der Waals surface area contributed by atoms with Gasteiger partial charge in [0.15, 0.2) is 17.3 Å². The Morgan fingerprint density at radius 3 is 2.44 bits per heavy atom. The number of nitrogens with zero attached hydrogens (tertiary/aromatic N) is 3. The number of nitrogens with one attached hydrogen (secondary N) is 1. The molecular formula is C38H29Cl2F3N4O6S. The van der Waals surface area contributed by atoms with Gasteiger partial charge in [-0.2, -0.15) is 18.2 Å². The number of hydrogen-bond donors (Lipinski definition) is 2. The molecule has 2 aromatic heterocycles. The number of phenols is 1. The van der Waals surface area contributed by atoms with Crippen molar-refractivity contribution in [1.29, 1.82) is 0 Å². The van der Waals surface area contributed by atoms with Crippen LogP contribution in [0.2, 0.25) is 10.0 Å². The molecule has 10 nitrogen and oxygen atoms in total. The molecule has 1 saturated carbocycles. The van der Waals surface area contributed by atoms with Crippen LogP contribution in [0.4, 0.5) is 19.0 Å². The second-order valence-electron chi connectivity index (χ2n) is 13.7. The number of phenolic OH excluding ortho intramolecular Hbond substituents is 1. The van der Waals surface area contributed by atoms with Crippen LogP contribution in [0.5, 0.6) is 11.5 Å². The third-order valence-electron chi connectivity index (χ3n) is 11.1. The van der Waals surface area contributed by atoms with Gasteiger partial charge < -0.3 is 9.84 Å². The van der Waals surface area contributed by atoms with Crippen molar-refractivity contribution in [2.75, 3.05) is 12.5 Å². The number of methoxy groups -OCH3 is 1. The first-order valence-corrected chi connectivity index (χ1v) is 18.5. The van der Waals surface area contributed by atoms with Crippen molar-refractivity contribution in [3.8, 4) is 11.5 Å². The Morgan fingerprint density at radius 1 is 1.02 bits per heavy atom. The maximum Gasteiger partial charge on any atom is 0.417 e. The van der Waals surface area contributed by atoms with Crippen LogP contribution < -0.4 is 10.2 Å². The fourth-order valence-corrected chi connectivity index (χ4v) is 9.87. The van der Waals surface area contributed by atoms with Crippen molar-refractivity contribution in [2.45, 2.75) is 36.9 Å². The van der Waals surface area contributed by atoms with Gasteiger partial charge in [-0.15, -0.1) is 11.3 Å². The first-order valence-electron chi connectivity index (χ1n) is 16.8. The number of amides is 4. The second-order valence-corrected chi connectivity index (χ2v) is 15.5. The Morgan fingerprint density at radius 2 is 1.78 bits per heavy atom. The van der Waals surface area contributed by atoms with Gasteiger partial charge in [0.25, 0.3) is 11.8 Å². The monoisotopic (exact) mass is 796 g/mol. The zero-order valence-electron chi connectivity index (χ0n) is 28.1. The zero-order valence-corrected chi connectivity index (χ0v) is 30.5. The molecule has 4 heterocycles.